The molecule has 174 valence electrons. The maximum Gasteiger partial charge on any atom is 0.254 e. The van der Waals surface area contributed by atoms with Gasteiger partial charge < -0.3 is 15.0 Å². The third-order valence-corrected chi connectivity index (χ3v) is 6.71. The quantitative estimate of drug-likeness (QED) is 0.471. The molecule has 1 amide bonds. The lowest BCUT2D eigenvalue weighted by atomic mass is 10.1. The van der Waals surface area contributed by atoms with Gasteiger partial charge in [0.1, 0.15) is 0 Å². The number of benzene rings is 2. The second-order valence-corrected chi connectivity index (χ2v) is 10.0. The summed E-state index contributed by atoms with van der Waals surface area (Å²) in [6.45, 7) is 2.32. The molecule has 3 heterocycles. The normalized spacial score (nSPS) is 14.3. The number of fused-ring (bicyclic) bond motifs is 1. The van der Waals surface area contributed by atoms with Crippen LogP contribution < -0.4 is 5.32 Å². The van der Waals surface area contributed by atoms with Crippen molar-refractivity contribution >= 4 is 33.0 Å². The van der Waals surface area contributed by atoms with E-state index in [4.69, 9.17) is 4.74 Å². The van der Waals surface area contributed by atoms with Crippen LogP contribution in [0.5, 0.6) is 0 Å². The van der Waals surface area contributed by atoms with Crippen LogP contribution in [-0.2, 0) is 14.6 Å². The van der Waals surface area contributed by atoms with Crippen LogP contribution in [0, 0.1) is 0 Å². The molecule has 4 aromatic rings. The average Bonchev–Trinajstić information content (AvgIpc) is 3.27. The Hall–Kier alpha value is -3.76. The number of ether oxygens (including phenoxy) is 1. The molecule has 34 heavy (non-hydrogen) atoms. The van der Waals surface area contributed by atoms with E-state index in [0.29, 0.717) is 43.5 Å². The standard InChI is InChI=1S/C24H23N5O4S/c1-34(31,32)20-5-2-4-18(16-20)21-6-3-7-22-26-24(27-29(21)22)25-19-10-8-17(9-11-19)23(30)28-12-14-33-15-13-28/h2-11,16H,12-15H2,1H3,(H,25,27). The molecule has 0 saturated carbocycles. The summed E-state index contributed by atoms with van der Waals surface area (Å²) in [5, 5.41) is 7.73. The predicted molar refractivity (Wildman–Crippen MR) is 128 cm³/mol. The van der Waals surface area contributed by atoms with E-state index in [1.165, 1.54) is 6.26 Å². The van der Waals surface area contributed by atoms with Crippen LogP contribution in [0.1, 0.15) is 10.4 Å². The highest BCUT2D eigenvalue weighted by Crippen LogP contribution is 2.24. The molecule has 2 aromatic heterocycles. The fourth-order valence-electron chi connectivity index (χ4n) is 3.84. The predicted octanol–water partition coefficient (Wildman–Crippen LogP) is 3.02. The molecule has 0 radical (unpaired) electrons. The SMILES string of the molecule is CS(=O)(=O)c1cccc(-c2cccc3nc(Nc4ccc(C(=O)N5CCOCC5)cc4)nn23)c1. The molecule has 5 rings (SSSR count). The number of pyridine rings is 1. The zero-order chi connectivity index (χ0) is 23.7. The van der Waals surface area contributed by atoms with Crippen LogP contribution in [0.2, 0.25) is 0 Å². The number of anilines is 2. The summed E-state index contributed by atoms with van der Waals surface area (Å²) in [6.07, 6.45) is 1.18. The molecule has 0 spiro atoms. The van der Waals surface area contributed by atoms with Gasteiger partial charge in [-0.1, -0.05) is 18.2 Å². The van der Waals surface area contributed by atoms with Crippen molar-refractivity contribution in [3.63, 3.8) is 0 Å². The van der Waals surface area contributed by atoms with E-state index >= 15 is 0 Å². The topological polar surface area (TPSA) is 106 Å². The Morgan fingerprint density at radius 1 is 1.00 bits per heavy atom. The maximum atomic E-state index is 12.6. The van der Waals surface area contributed by atoms with Gasteiger partial charge >= 0.3 is 0 Å². The molecular weight excluding hydrogens is 454 g/mol. The fourth-order valence-corrected chi connectivity index (χ4v) is 4.50. The first-order chi connectivity index (χ1) is 16.4. The van der Waals surface area contributed by atoms with Crippen LogP contribution in [0.3, 0.4) is 0 Å². The van der Waals surface area contributed by atoms with E-state index in [2.05, 4.69) is 15.4 Å². The molecule has 0 bridgehead atoms. The van der Waals surface area contributed by atoms with Crippen molar-refractivity contribution in [2.24, 2.45) is 0 Å². The van der Waals surface area contributed by atoms with Crippen molar-refractivity contribution in [3.8, 4) is 11.3 Å². The highest BCUT2D eigenvalue weighted by atomic mass is 32.2. The van der Waals surface area contributed by atoms with Crippen LogP contribution in [0.15, 0.2) is 71.6 Å². The van der Waals surface area contributed by atoms with Crippen molar-refractivity contribution in [1.82, 2.24) is 19.5 Å². The first kappa shape index (κ1) is 22.1. The van der Waals surface area contributed by atoms with Gasteiger partial charge in [0.15, 0.2) is 15.5 Å². The number of morpholine rings is 1. The highest BCUT2D eigenvalue weighted by Gasteiger charge is 2.18. The molecule has 0 atom stereocenters. The van der Waals surface area contributed by atoms with E-state index in [0.717, 1.165) is 16.9 Å². The van der Waals surface area contributed by atoms with Crippen LogP contribution in [-0.4, -0.2) is 66.4 Å². The Kier molecular flexibility index (Phi) is 5.76. The number of amides is 1. The zero-order valence-corrected chi connectivity index (χ0v) is 19.3. The molecule has 10 heteroatoms. The van der Waals surface area contributed by atoms with E-state index in [1.807, 2.05) is 36.4 Å². The molecule has 1 N–H and O–H groups in total. The zero-order valence-electron chi connectivity index (χ0n) is 18.5. The van der Waals surface area contributed by atoms with E-state index in [9.17, 15) is 13.2 Å². The molecule has 1 saturated heterocycles. The largest absolute Gasteiger partial charge is 0.378 e. The van der Waals surface area contributed by atoms with Gasteiger partial charge in [-0.25, -0.2) is 12.9 Å². The van der Waals surface area contributed by atoms with E-state index in [1.54, 1.807) is 39.7 Å². The Labute approximate surface area is 196 Å². The summed E-state index contributed by atoms with van der Waals surface area (Å²) in [5.74, 6) is 0.376. The molecule has 0 unspecified atom stereocenters. The average molecular weight is 478 g/mol. The number of sulfone groups is 1. The van der Waals surface area contributed by atoms with Crippen molar-refractivity contribution in [1.29, 1.82) is 0 Å². The molecule has 1 aliphatic heterocycles. The molecule has 1 fully saturated rings. The minimum atomic E-state index is -3.33. The van der Waals surface area contributed by atoms with Crippen LogP contribution >= 0.6 is 0 Å². The molecule has 2 aromatic carbocycles. The van der Waals surface area contributed by atoms with Crippen molar-refractivity contribution < 1.29 is 17.9 Å². The third kappa shape index (κ3) is 4.50. The summed E-state index contributed by atoms with van der Waals surface area (Å²) in [5.41, 5.74) is 3.41. The first-order valence-electron chi connectivity index (χ1n) is 10.8. The number of carbonyl (C=O) groups is 1. The minimum absolute atomic E-state index is 0.0123. The monoisotopic (exact) mass is 477 g/mol. The Balaban J connectivity index is 1.39. The summed E-state index contributed by atoms with van der Waals surface area (Å²) >= 11 is 0. The third-order valence-electron chi connectivity index (χ3n) is 5.60. The lowest BCUT2D eigenvalue weighted by Gasteiger charge is -2.26. The lowest BCUT2D eigenvalue weighted by molar-refractivity contribution is 0.0303. The van der Waals surface area contributed by atoms with Crippen LogP contribution in [0.25, 0.3) is 16.9 Å². The van der Waals surface area contributed by atoms with Gasteiger partial charge in [-0.15, -0.1) is 5.10 Å². The number of aromatic nitrogens is 3. The fraction of sp³-hybridized carbons (Fsp3) is 0.208. The van der Waals surface area contributed by atoms with E-state index in [-0.39, 0.29) is 10.8 Å². The summed E-state index contributed by atoms with van der Waals surface area (Å²) in [4.78, 5) is 19.2. The molecule has 1 aliphatic rings. The Morgan fingerprint density at radius 2 is 1.74 bits per heavy atom. The minimum Gasteiger partial charge on any atom is -0.378 e. The van der Waals surface area contributed by atoms with Gasteiger partial charge in [-0.2, -0.15) is 4.98 Å². The van der Waals surface area contributed by atoms with Crippen LogP contribution in [0.4, 0.5) is 11.6 Å². The van der Waals surface area contributed by atoms with Gasteiger partial charge in [0.25, 0.3) is 5.91 Å². The van der Waals surface area contributed by atoms with Gasteiger partial charge in [-0.05, 0) is 48.5 Å². The first-order valence-corrected chi connectivity index (χ1v) is 12.7. The highest BCUT2D eigenvalue weighted by molar-refractivity contribution is 7.90. The number of hydrogen-bond donors (Lipinski definition) is 1. The number of hydrogen-bond acceptors (Lipinski definition) is 7. The second-order valence-electron chi connectivity index (χ2n) is 8.02. The smallest absolute Gasteiger partial charge is 0.254 e. The van der Waals surface area contributed by atoms with Gasteiger partial charge in [0, 0.05) is 36.2 Å². The second kappa shape index (κ2) is 8.88. The van der Waals surface area contributed by atoms with Gasteiger partial charge in [-0.3, -0.25) is 4.79 Å². The number of rotatable bonds is 5. The van der Waals surface area contributed by atoms with Crippen molar-refractivity contribution in [3.05, 3.63) is 72.3 Å². The summed E-state index contributed by atoms with van der Waals surface area (Å²) in [6, 6.07) is 19.5. The number of carbonyl (C=O) groups excluding carboxylic acids is 1. The Morgan fingerprint density at radius 3 is 2.47 bits per heavy atom. The molecular formula is C24H23N5O4S. The molecule has 9 nitrogen and oxygen atoms in total. The summed E-state index contributed by atoms with van der Waals surface area (Å²) < 4.78 is 30.9. The summed E-state index contributed by atoms with van der Waals surface area (Å²) in [7, 11) is -3.33. The van der Waals surface area contributed by atoms with Crippen molar-refractivity contribution in [2.45, 2.75) is 4.90 Å². The van der Waals surface area contributed by atoms with Crippen molar-refractivity contribution in [2.75, 3.05) is 37.9 Å². The maximum absolute atomic E-state index is 12.6. The van der Waals surface area contributed by atoms with Gasteiger partial charge in [0.05, 0.1) is 23.8 Å². The number of nitrogens with one attached hydrogen (secondary N) is 1. The lowest BCUT2D eigenvalue weighted by Crippen LogP contribution is -2.40. The number of nitrogens with zero attached hydrogens (tertiary/aromatic N) is 4. The van der Waals surface area contributed by atoms with E-state index < -0.39 is 9.84 Å². The van der Waals surface area contributed by atoms with Gasteiger partial charge in [0.2, 0.25) is 5.95 Å². The Bertz CT molecular complexity index is 1460. The molecule has 0 aliphatic carbocycles.